The molecule has 2 aromatic rings. The maximum Gasteiger partial charge on any atom is 0.244 e. The van der Waals surface area contributed by atoms with Crippen molar-refractivity contribution in [3.05, 3.63) is 47.4 Å². The third-order valence-corrected chi connectivity index (χ3v) is 5.08. The lowest BCUT2D eigenvalue weighted by molar-refractivity contribution is -0.137. The molecule has 0 bridgehead atoms. The monoisotopic (exact) mass is 374 g/mol. The number of halogens is 1. The van der Waals surface area contributed by atoms with Gasteiger partial charge in [0.2, 0.25) is 11.8 Å². The summed E-state index contributed by atoms with van der Waals surface area (Å²) in [5.41, 5.74) is 0.410. The molecule has 2 heterocycles. The minimum absolute atomic E-state index is 0.0723. The molecule has 0 aliphatic carbocycles. The zero-order valence-electron chi connectivity index (χ0n) is 16.4. The van der Waals surface area contributed by atoms with Gasteiger partial charge in [0.05, 0.1) is 0 Å². The Labute approximate surface area is 159 Å². The normalized spacial score (nSPS) is 16.9. The Morgan fingerprint density at radius 1 is 1.26 bits per heavy atom. The van der Waals surface area contributed by atoms with Gasteiger partial charge in [0, 0.05) is 30.5 Å². The van der Waals surface area contributed by atoms with Crippen LogP contribution < -0.4 is 0 Å². The minimum atomic E-state index is -0.626. The SMILES string of the molecule is CC(C)c1noc(C2CCN(C(=O)[C@@H](c3ccccc3F)N(C)C)CC2)n1. The Bertz CT molecular complexity index is 782. The first-order chi connectivity index (χ1) is 12.9. The maximum atomic E-state index is 14.3. The molecule has 6 nitrogen and oxygen atoms in total. The summed E-state index contributed by atoms with van der Waals surface area (Å²) in [4.78, 5) is 21.2. The van der Waals surface area contributed by atoms with Crippen LogP contribution in [0.3, 0.4) is 0 Å². The number of hydrogen-bond acceptors (Lipinski definition) is 5. The number of piperidine rings is 1. The number of rotatable bonds is 5. The summed E-state index contributed by atoms with van der Waals surface area (Å²) in [6, 6.07) is 5.84. The molecule has 1 aliphatic heterocycles. The van der Waals surface area contributed by atoms with Crippen LogP contribution in [0, 0.1) is 5.82 Å². The molecule has 0 unspecified atom stereocenters. The molecule has 0 spiro atoms. The van der Waals surface area contributed by atoms with E-state index in [1.165, 1.54) is 6.07 Å². The molecule has 1 aromatic carbocycles. The van der Waals surface area contributed by atoms with Crippen LogP contribution in [-0.2, 0) is 4.79 Å². The Morgan fingerprint density at radius 2 is 1.93 bits per heavy atom. The van der Waals surface area contributed by atoms with Gasteiger partial charge in [0.1, 0.15) is 11.9 Å². The summed E-state index contributed by atoms with van der Waals surface area (Å²) in [6.45, 7) is 5.25. The van der Waals surface area contributed by atoms with Gasteiger partial charge in [-0.15, -0.1) is 0 Å². The molecule has 1 saturated heterocycles. The summed E-state index contributed by atoms with van der Waals surface area (Å²) in [5.74, 6) is 1.34. The first-order valence-electron chi connectivity index (χ1n) is 9.41. The molecule has 1 aromatic heterocycles. The van der Waals surface area contributed by atoms with Gasteiger partial charge in [-0.25, -0.2) is 4.39 Å². The zero-order chi connectivity index (χ0) is 19.6. The van der Waals surface area contributed by atoms with Crippen LogP contribution in [-0.4, -0.2) is 53.0 Å². The van der Waals surface area contributed by atoms with Gasteiger partial charge in [0.15, 0.2) is 5.82 Å². The molecule has 1 amide bonds. The van der Waals surface area contributed by atoms with Gasteiger partial charge >= 0.3 is 0 Å². The van der Waals surface area contributed by atoms with Crippen LogP contribution >= 0.6 is 0 Å². The van der Waals surface area contributed by atoms with Crippen molar-refractivity contribution in [2.45, 2.75) is 44.6 Å². The van der Waals surface area contributed by atoms with Crippen molar-refractivity contribution >= 4 is 5.91 Å². The van der Waals surface area contributed by atoms with Gasteiger partial charge < -0.3 is 9.42 Å². The quantitative estimate of drug-likeness (QED) is 0.803. The zero-order valence-corrected chi connectivity index (χ0v) is 16.4. The Kier molecular flexibility index (Phi) is 5.89. The van der Waals surface area contributed by atoms with E-state index in [1.54, 1.807) is 37.2 Å². The first kappa shape index (κ1) is 19.5. The second-order valence-corrected chi connectivity index (χ2v) is 7.63. The third-order valence-electron chi connectivity index (χ3n) is 5.08. The van der Waals surface area contributed by atoms with Crippen molar-refractivity contribution in [1.29, 1.82) is 0 Å². The van der Waals surface area contributed by atoms with Crippen LogP contribution in [0.5, 0.6) is 0 Å². The van der Waals surface area contributed by atoms with E-state index in [0.29, 0.717) is 24.5 Å². The van der Waals surface area contributed by atoms with Crippen molar-refractivity contribution in [3.8, 4) is 0 Å². The molecule has 0 radical (unpaired) electrons. The number of likely N-dealkylation sites (tertiary alicyclic amines) is 1. The summed E-state index contributed by atoms with van der Waals surface area (Å²) in [5, 5.41) is 4.03. The predicted octanol–water partition coefficient (Wildman–Crippen LogP) is 3.34. The molecule has 1 atom stereocenters. The van der Waals surface area contributed by atoms with Crippen molar-refractivity contribution in [1.82, 2.24) is 19.9 Å². The van der Waals surface area contributed by atoms with Gasteiger partial charge in [-0.05, 0) is 33.0 Å². The highest BCUT2D eigenvalue weighted by Gasteiger charge is 2.33. The third kappa shape index (κ3) is 4.18. The lowest BCUT2D eigenvalue weighted by Crippen LogP contribution is -2.44. The number of amides is 1. The van der Waals surface area contributed by atoms with Crippen LogP contribution in [0.25, 0.3) is 0 Å². The molecule has 3 rings (SSSR count). The molecule has 146 valence electrons. The van der Waals surface area contributed by atoms with E-state index >= 15 is 0 Å². The summed E-state index contributed by atoms with van der Waals surface area (Å²) in [7, 11) is 3.60. The van der Waals surface area contributed by atoms with Gasteiger partial charge in [0.25, 0.3) is 0 Å². The second kappa shape index (κ2) is 8.17. The predicted molar refractivity (Wildman–Crippen MR) is 99.8 cm³/mol. The van der Waals surface area contributed by atoms with E-state index in [2.05, 4.69) is 10.1 Å². The van der Waals surface area contributed by atoms with Crippen LogP contribution in [0.1, 0.15) is 61.8 Å². The number of carbonyl (C=O) groups is 1. The van der Waals surface area contributed by atoms with Gasteiger partial charge in [-0.2, -0.15) is 4.98 Å². The van der Waals surface area contributed by atoms with Crippen LogP contribution in [0.2, 0.25) is 0 Å². The number of hydrogen-bond donors (Lipinski definition) is 0. The average molecular weight is 374 g/mol. The van der Waals surface area contributed by atoms with E-state index in [9.17, 15) is 9.18 Å². The smallest absolute Gasteiger partial charge is 0.244 e. The highest BCUT2D eigenvalue weighted by Crippen LogP contribution is 2.30. The molecular formula is C20H27FN4O2. The topological polar surface area (TPSA) is 62.5 Å². The number of benzene rings is 1. The summed E-state index contributed by atoms with van der Waals surface area (Å²) < 4.78 is 19.7. The molecule has 7 heteroatoms. The highest BCUT2D eigenvalue weighted by molar-refractivity contribution is 5.83. The standard InChI is InChI=1S/C20H27FN4O2/c1-13(2)18-22-19(27-23-18)14-9-11-25(12-10-14)20(26)17(24(3)4)15-7-5-6-8-16(15)21/h5-8,13-14,17H,9-12H2,1-4H3/t17-/m1/s1. The van der Waals surface area contributed by atoms with E-state index in [-0.39, 0.29) is 23.6 Å². The second-order valence-electron chi connectivity index (χ2n) is 7.63. The average Bonchev–Trinajstić information content (AvgIpc) is 3.14. The van der Waals surface area contributed by atoms with Crippen molar-refractivity contribution in [2.75, 3.05) is 27.2 Å². The maximum absolute atomic E-state index is 14.3. The number of carbonyl (C=O) groups excluding carboxylic acids is 1. The molecular weight excluding hydrogens is 347 g/mol. The molecule has 1 aliphatic rings. The van der Waals surface area contributed by atoms with Gasteiger partial charge in [-0.3, -0.25) is 9.69 Å². The van der Waals surface area contributed by atoms with Crippen LogP contribution in [0.4, 0.5) is 4.39 Å². The van der Waals surface area contributed by atoms with E-state index in [4.69, 9.17) is 4.52 Å². The molecule has 27 heavy (non-hydrogen) atoms. The Hall–Kier alpha value is -2.28. The minimum Gasteiger partial charge on any atom is -0.341 e. The molecule has 0 saturated carbocycles. The lowest BCUT2D eigenvalue weighted by Gasteiger charge is -2.35. The fourth-order valence-corrected chi connectivity index (χ4v) is 3.50. The fourth-order valence-electron chi connectivity index (χ4n) is 3.50. The largest absolute Gasteiger partial charge is 0.341 e. The van der Waals surface area contributed by atoms with Crippen molar-refractivity contribution in [2.24, 2.45) is 0 Å². The van der Waals surface area contributed by atoms with E-state index < -0.39 is 6.04 Å². The Balaban J connectivity index is 1.68. The Morgan fingerprint density at radius 3 is 2.48 bits per heavy atom. The summed E-state index contributed by atoms with van der Waals surface area (Å²) >= 11 is 0. The molecule has 1 fully saturated rings. The fraction of sp³-hybridized carbons (Fsp3) is 0.550. The number of aromatic nitrogens is 2. The van der Waals surface area contributed by atoms with Crippen molar-refractivity contribution in [3.63, 3.8) is 0 Å². The first-order valence-corrected chi connectivity index (χ1v) is 9.41. The van der Waals surface area contributed by atoms with E-state index in [0.717, 1.165) is 18.7 Å². The van der Waals surface area contributed by atoms with Crippen LogP contribution in [0.15, 0.2) is 28.8 Å². The number of likely N-dealkylation sites (N-methyl/N-ethyl adjacent to an activating group) is 1. The highest BCUT2D eigenvalue weighted by atomic mass is 19.1. The summed E-state index contributed by atoms with van der Waals surface area (Å²) in [6.07, 6.45) is 1.53. The molecule has 0 N–H and O–H groups in total. The van der Waals surface area contributed by atoms with E-state index in [1.807, 2.05) is 18.7 Å². The lowest BCUT2D eigenvalue weighted by atomic mass is 9.95. The number of nitrogens with zero attached hydrogens (tertiary/aromatic N) is 4. The van der Waals surface area contributed by atoms with Gasteiger partial charge in [-0.1, -0.05) is 37.2 Å². The van der Waals surface area contributed by atoms with Crippen molar-refractivity contribution < 1.29 is 13.7 Å².